The Kier molecular flexibility index (Phi) is 4.06. The van der Waals surface area contributed by atoms with Gasteiger partial charge in [-0.3, -0.25) is 9.78 Å². The van der Waals surface area contributed by atoms with Crippen LogP contribution >= 0.6 is 0 Å². The fraction of sp³-hybridized carbons (Fsp3) is 0.294. The van der Waals surface area contributed by atoms with Crippen molar-refractivity contribution in [1.82, 2.24) is 25.1 Å². The van der Waals surface area contributed by atoms with E-state index in [0.717, 1.165) is 16.6 Å². The molecule has 23 heavy (non-hydrogen) atoms. The molecule has 0 aliphatic rings. The molecule has 0 saturated carbocycles. The van der Waals surface area contributed by atoms with Crippen LogP contribution in [0, 0.1) is 0 Å². The summed E-state index contributed by atoms with van der Waals surface area (Å²) in [7, 11) is 0. The van der Waals surface area contributed by atoms with Gasteiger partial charge in [-0.25, -0.2) is 9.67 Å². The van der Waals surface area contributed by atoms with Crippen molar-refractivity contribution < 1.29 is 4.79 Å². The molecule has 0 spiro atoms. The second-order valence-electron chi connectivity index (χ2n) is 5.80. The van der Waals surface area contributed by atoms with Gasteiger partial charge in [-0.15, -0.1) is 0 Å². The number of amides is 1. The summed E-state index contributed by atoms with van der Waals surface area (Å²) < 4.78 is 1.84. The standard InChI is InChI=1S/C17H19N5O/c1-11(2)22-16-14(10-20-22)7-15(9-19-16)17(23)21-12(3)13-5-4-6-18-8-13/h4-12H,1-3H3,(H,21,23). The fourth-order valence-electron chi connectivity index (χ4n) is 2.44. The highest BCUT2D eigenvalue weighted by Crippen LogP contribution is 2.17. The molecule has 118 valence electrons. The Morgan fingerprint density at radius 1 is 1.22 bits per heavy atom. The van der Waals surface area contributed by atoms with Crippen molar-refractivity contribution in [2.45, 2.75) is 32.9 Å². The third-order valence-corrected chi connectivity index (χ3v) is 3.72. The molecule has 1 atom stereocenters. The molecule has 0 saturated heterocycles. The molecule has 3 aromatic heterocycles. The molecule has 0 aliphatic carbocycles. The number of carbonyl (C=O) groups is 1. The molecule has 6 nitrogen and oxygen atoms in total. The van der Waals surface area contributed by atoms with E-state index in [-0.39, 0.29) is 18.0 Å². The van der Waals surface area contributed by atoms with Crippen LogP contribution in [0.15, 0.2) is 43.0 Å². The SMILES string of the molecule is CC(NC(=O)c1cnc2c(cnn2C(C)C)c1)c1cccnc1. The topological polar surface area (TPSA) is 72.7 Å². The Bertz CT molecular complexity index is 825. The van der Waals surface area contributed by atoms with Gasteiger partial charge >= 0.3 is 0 Å². The molecule has 3 aromatic rings. The maximum atomic E-state index is 12.4. The van der Waals surface area contributed by atoms with E-state index < -0.39 is 0 Å². The average Bonchev–Trinajstić information content (AvgIpc) is 2.98. The van der Waals surface area contributed by atoms with Gasteiger partial charge in [0.1, 0.15) is 0 Å². The average molecular weight is 309 g/mol. The third kappa shape index (κ3) is 3.06. The molecule has 0 aromatic carbocycles. The lowest BCUT2D eigenvalue weighted by atomic mass is 10.1. The van der Waals surface area contributed by atoms with Gasteiger partial charge in [0.2, 0.25) is 0 Å². The van der Waals surface area contributed by atoms with Gasteiger partial charge in [0.25, 0.3) is 5.91 Å². The molecule has 0 fully saturated rings. The number of pyridine rings is 2. The van der Waals surface area contributed by atoms with E-state index in [4.69, 9.17) is 0 Å². The maximum Gasteiger partial charge on any atom is 0.253 e. The van der Waals surface area contributed by atoms with Crippen LogP contribution in [0.3, 0.4) is 0 Å². The zero-order chi connectivity index (χ0) is 16.4. The van der Waals surface area contributed by atoms with E-state index >= 15 is 0 Å². The highest BCUT2D eigenvalue weighted by Gasteiger charge is 2.14. The van der Waals surface area contributed by atoms with Crippen molar-refractivity contribution in [1.29, 1.82) is 0 Å². The predicted molar refractivity (Wildman–Crippen MR) is 88.0 cm³/mol. The van der Waals surface area contributed by atoms with E-state index in [1.807, 2.05) is 43.7 Å². The van der Waals surface area contributed by atoms with Crippen LogP contribution in [-0.4, -0.2) is 25.7 Å². The number of nitrogens with one attached hydrogen (secondary N) is 1. The van der Waals surface area contributed by atoms with E-state index in [2.05, 4.69) is 20.4 Å². The van der Waals surface area contributed by atoms with Gasteiger partial charge in [0.05, 0.1) is 17.8 Å². The number of nitrogens with zero attached hydrogens (tertiary/aromatic N) is 4. The number of hydrogen-bond donors (Lipinski definition) is 1. The second-order valence-corrected chi connectivity index (χ2v) is 5.80. The van der Waals surface area contributed by atoms with E-state index in [1.165, 1.54) is 0 Å². The molecule has 6 heteroatoms. The second kappa shape index (κ2) is 6.16. The van der Waals surface area contributed by atoms with Crippen molar-refractivity contribution in [3.63, 3.8) is 0 Å². The molecule has 1 amide bonds. The lowest BCUT2D eigenvalue weighted by molar-refractivity contribution is 0.0939. The zero-order valence-electron chi connectivity index (χ0n) is 13.4. The van der Waals surface area contributed by atoms with Crippen LogP contribution in [0.25, 0.3) is 11.0 Å². The number of carbonyl (C=O) groups excluding carboxylic acids is 1. The number of rotatable bonds is 4. The van der Waals surface area contributed by atoms with Crippen LogP contribution in [0.1, 0.15) is 48.8 Å². The summed E-state index contributed by atoms with van der Waals surface area (Å²) in [6, 6.07) is 5.72. The first kappa shape index (κ1) is 15.1. The summed E-state index contributed by atoms with van der Waals surface area (Å²) in [6.07, 6.45) is 6.79. The monoisotopic (exact) mass is 309 g/mol. The highest BCUT2D eigenvalue weighted by molar-refractivity contribution is 5.97. The van der Waals surface area contributed by atoms with Gasteiger partial charge in [0, 0.05) is 30.0 Å². The molecule has 1 N–H and O–H groups in total. The fourth-order valence-corrected chi connectivity index (χ4v) is 2.44. The highest BCUT2D eigenvalue weighted by atomic mass is 16.1. The van der Waals surface area contributed by atoms with Crippen LogP contribution < -0.4 is 5.32 Å². The quantitative estimate of drug-likeness (QED) is 0.804. The van der Waals surface area contributed by atoms with Crippen molar-refractivity contribution in [3.8, 4) is 0 Å². The molecule has 0 aliphatic heterocycles. The number of aromatic nitrogens is 4. The molecular formula is C17H19N5O. The van der Waals surface area contributed by atoms with Gasteiger partial charge in [-0.05, 0) is 38.5 Å². The Balaban J connectivity index is 1.81. The van der Waals surface area contributed by atoms with E-state index in [0.29, 0.717) is 5.56 Å². The first-order valence-corrected chi connectivity index (χ1v) is 7.60. The van der Waals surface area contributed by atoms with Crippen LogP contribution in [0.4, 0.5) is 0 Å². The van der Waals surface area contributed by atoms with Gasteiger partial charge in [-0.1, -0.05) is 6.07 Å². The summed E-state index contributed by atoms with van der Waals surface area (Å²) in [6.45, 7) is 6.02. The molecule has 1 unspecified atom stereocenters. The Morgan fingerprint density at radius 2 is 2.04 bits per heavy atom. The van der Waals surface area contributed by atoms with Crippen LogP contribution in [0.5, 0.6) is 0 Å². The number of hydrogen-bond acceptors (Lipinski definition) is 4. The van der Waals surface area contributed by atoms with Gasteiger partial charge in [-0.2, -0.15) is 5.10 Å². The molecule has 0 bridgehead atoms. The van der Waals surface area contributed by atoms with E-state index in [1.54, 1.807) is 24.8 Å². The molecular weight excluding hydrogens is 290 g/mol. The molecule has 0 radical (unpaired) electrons. The first-order chi connectivity index (χ1) is 11.1. The van der Waals surface area contributed by atoms with Gasteiger partial charge < -0.3 is 5.32 Å². The Morgan fingerprint density at radius 3 is 2.74 bits per heavy atom. The predicted octanol–water partition coefficient (Wildman–Crippen LogP) is 2.90. The minimum atomic E-state index is -0.159. The van der Waals surface area contributed by atoms with Crippen molar-refractivity contribution >= 4 is 16.9 Å². The first-order valence-electron chi connectivity index (χ1n) is 7.60. The summed E-state index contributed by atoms with van der Waals surface area (Å²) in [5.74, 6) is -0.159. The summed E-state index contributed by atoms with van der Waals surface area (Å²) >= 11 is 0. The zero-order valence-corrected chi connectivity index (χ0v) is 13.4. The van der Waals surface area contributed by atoms with Crippen molar-refractivity contribution in [2.24, 2.45) is 0 Å². The molecule has 3 heterocycles. The normalized spacial score (nSPS) is 12.5. The van der Waals surface area contributed by atoms with Crippen LogP contribution in [-0.2, 0) is 0 Å². The Labute approximate surface area is 134 Å². The smallest absolute Gasteiger partial charge is 0.253 e. The minimum absolute atomic E-state index is 0.120. The lowest BCUT2D eigenvalue weighted by Gasteiger charge is -2.13. The Hall–Kier alpha value is -2.76. The van der Waals surface area contributed by atoms with E-state index in [9.17, 15) is 4.79 Å². The minimum Gasteiger partial charge on any atom is -0.345 e. The van der Waals surface area contributed by atoms with Crippen molar-refractivity contribution in [2.75, 3.05) is 0 Å². The lowest BCUT2D eigenvalue weighted by Crippen LogP contribution is -2.26. The summed E-state index contributed by atoms with van der Waals surface area (Å²) in [4.78, 5) is 20.9. The van der Waals surface area contributed by atoms with Gasteiger partial charge in [0.15, 0.2) is 5.65 Å². The maximum absolute atomic E-state index is 12.4. The van der Waals surface area contributed by atoms with Crippen molar-refractivity contribution in [3.05, 3.63) is 54.1 Å². The summed E-state index contributed by atoms with van der Waals surface area (Å²) in [5.41, 5.74) is 2.27. The van der Waals surface area contributed by atoms with Crippen LogP contribution in [0.2, 0.25) is 0 Å². The molecule has 3 rings (SSSR count). The largest absolute Gasteiger partial charge is 0.345 e. The summed E-state index contributed by atoms with van der Waals surface area (Å²) in [5, 5.41) is 8.14. The number of fused-ring (bicyclic) bond motifs is 1. The third-order valence-electron chi connectivity index (χ3n) is 3.72.